The maximum Gasteiger partial charge on any atom is 0.223 e. The van der Waals surface area contributed by atoms with Crippen molar-refractivity contribution in [1.29, 1.82) is 0 Å². The number of hydrogen-bond acceptors (Lipinski definition) is 7. The minimum Gasteiger partial charge on any atom is -0.487 e. The first-order valence-corrected chi connectivity index (χ1v) is 10.4. The van der Waals surface area contributed by atoms with E-state index in [-0.39, 0.29) is 12.4 Å². The molecule has 1 aliphatic rings. The molecule has 1 aliphatic heterocycles. The number of halogens is 1. The van der Waals surface area contributed by atoms with E-state index in [9.17, 15) is 4.39 Å². The van der Waals surface area contributed by atoms with Crippen molar-refractivity contribution in [3.8, 4) is 28.6 Å². The number of ether oxygens (including phenoxy) is 1. The van der Waals surface area contributed by atoms with Gasteiger partial charge in [-0.25, -0.2) is 14.1 Å². The summed E-state index contributed by atoms with van der Waals surface area (Å²) in [6.45, 7) is 3.91. The molecule has 9 nitrogen and oxygen atoms in total. The van der Waals surface area contributed by atoms with Crippen molar-refractivity contribution in [2.24, 2.45) is 0 Å². The van der Waals surface area contributed by atoms with Gasteiger partial charge in [-0.05, 0) is 36.8 Å². The quantitative estimate of drug-likeness (QED) is 0.409. The van der Waals surface area contributed by atoms with Gasteiger partial charge in [-0.2, -0.15) is 4.98 Å². The number of benzene rings is 2. The highest BCUT2D eigenvalue weighted by molar-refractivity contribution is 5.62. The number of rotatable bonds is 4. The summed E-state index contributed by atoms with van der Waals surface area (Å²) in [7, 11) is 0. The number of aromatic nitrogens is 7. The third-order valence-corrected chi connectivity index (χ3v) is 5.57. The van der Waals surface area contributed by atoms with Crippen LogP contribution in [0.3, 0.4) is 0 Å². The van der Waals surface area contributed by atoms with E-state index in [4.69, 9.17) is 9.26 Å². The zero-order valence-corrected chi connectivity index (χ0v) is 17.9. The van der Waals surface area contributed by atoms with Gasteiger partial charge in [0.2, 0.25) is 11.7 Å². The average molecular weight is 443 g/mol. The van der Waals surface area contributed by atoms with Crippen molar-refractivity contribution in [2.75, 3.05) is 0 Å². The molecule has 33 heavy (non-hydrogen) atoms. The summed E-state index contributed by atoms with van der Waals surface area (Å²) in [5, 5.41) is 12.9. The van der Waals surface area contributed by atoms with Crippen LogP contribution in [-0.4, -0.2) is 34.7 Å². The van der Waals surface area contributed by atoms with Crippen molar-refractivity contribution < 1.29 is 13.7 Å². The maximum atomic E-state index is 13.6. The van der Waals surface area contributed by atoms with Crippen molar-refractivity contribution in [3.05, 3.63) is 83.1 Å². The van der Waals surface area contributed by atoms with Gasteiger partial charge in [0, 0.05) is 19.4 Å². The van der Waals surface area contributed by atoms with Crippen molar-refractivity contribution >= 4 is 0 Å². The Morgan fingerprint density at radius 3 is 2.82 bits per heavy atom. The van der Waals surface area contributed by atoms with Gasteiger partial charge in [-0.1, -0.05) is 22.5 Å². The summed E-state index contributed by atoms with van der Waals surface area (Å²) in [6, 6.07) is 12.1. The number of hydrogen-bond donors (Lipinski definition) is 0. The number of fused-ring (bicyclic) bond motifs is 5. The van der Waals surface area contributed by atoms with E-state index in [0.717, 1.165) is 28.3 Å². The summed E-state index contributed by atoms with van der Waals surface area (Å²) < 4.78 is 28.4. The Hall–Kier alpha value is -4.34. The van der Waals surface area contributed by atoms with E-state index < -0.39 is 0 Å². The van der Waals surface area contributed by atoms with Crippen LogP contribution in [0.4, 0.5) is 4.39 Å². The zero-order valence-electron chi connectivity index (χ0n) is 17.9. The molecule has 164 valence electrons. The van der Waals surface area contributed by atoms with Gasteiger partial charge < -0.3 is 9.26 Å². The lowest BCUT2D eigenvalue weighted by atomic mass is 10.1. The van der Waals surface area contributed by atoms with E-state index >= 15 is 0 Å². The molecule has 0 amide bonds. The topological polar surface area (TPSA) is 96.7 Å². The molecule has 0 unspecified atom stereocenters. The molecule has 4 heterocycles. The summed E-state index contributed by atoms with van der Waals surface area (Å²) in [5.74, 6) is 0.956. The molecule has 0 N–H and O–H groups in total. The monoisotopic (exact) mass is 443 g/mol. The van der Waals surface area contributed by atoms with Gasteiger partial charge in [0.1, 0.15) is 35.9 Å². The first kappa shape index (κ1) is 19.4. The smallest absolute Gasteiger partial charge is 0.223 e. The van der Waals surface area contributed by atoms with Gasteiger partial charge in [-0.15, -0.1) is 5.10 Å². The predicted octanol–water partition coefficient (Wildman–Crippen LogP) is 3.74. The first-order valence-electron chi connectivity index (χ1n) is 10.4. The minimum atomic E-state index is -0.359. The van der Waals surface area contributed by atoms with Gasteiger partial charge in [0.25, 0.3) is 0 Å². The van der Waals surface area contributed by atoms with E-state index in [1.165, 1.54) is 12.1 Å². The molecule has 0 spiro atoms. The van der Waals surface area contributed by atoms with Gasteiger partial charge in [-0.3, -0.25) is 4.57 Å². The molecule has 6 rings (SSSR count). The Bertz CT molecular complexity index is 1500. The van der Waals surface area contributed by atoms with Crippen molar-refractivity contribution in [1.82, 2.24) is 34.7 Å². The van der Waals surface area contributed by atoms with E-state index in [1.54, 1.807) is 25.4 Å². The second-order valence-corrected chi connectivity index (χ2v) is 7.86. The fraction of sp³-hybridized carbons (Fsp3) is 0.174. The average Bonchev–Trinajstić information content (AvgIpc) is 3.50. The summed E-state index contributed by atoms with van der Waals surface area (Å²) >= 11 is 0. The normalized spacial score (nSPS) is 12.1. The highest BCUT2D eigenvalue weighted by Crippen LogP contribution is 2.33. The van der Waals surface area contributed by atoms with Gasteiger partial charge in [0.15, 0.2) is 0 Å². The second kappa shape index (κ2) is 7.37. The van der Waals surface area contributed by atoms with Gasteiger partial charge >= 0.3 is 0 Å². The van der Waals surface area contributed by atoms with Crippen LogP contribution in [0.25, 0.3) is 22.9 Å². The fourth-order valence-corrected chi connectivity index (χ4v) is 4.02. The molecular weight excluding hydrogens is 425 g/mol. The Morgan fingerprint density at radius 2 is 2.00 bits per heavy atom. The molecule has 2 aromatic carbocycles. The highest BCUT2D eigenvalue weighted by Gasteiger charge is 2.28. The molecular formula is C23H18FN7O2. The Kier molecular flexibility index (Phi) is 4.32. The van der Waals surface area contributed by atoms with Crippen LogP contribution in [0.15, 0.2) is 53.3 Å². The summed E-state index contributed by atoms with van der Waals surface area (Å²) in [4.78, 5) is 8.95. The Balaban J connectivity index is 1.47. The molecule has 5 aromatic rings. The number of aryl methyl sites for hydroxylation is 2. The van der Waals surface area contributed by atoms with Crippen LogP contribution < -0.4 is 4.74 Å². The van der Waals surface area contributed by atoms with Crippen LogP contribution in [0, 0.1) is 19.7 Å². The molecule has 0 bridgehead atoms. The molecule has 0 saturated heterocycles. The molecule has 0 saturated carbocycles. The lowest BCUT2D eigenvalue weighted by molar-refractivity contribution is 0.298. The minimum absolute atomic E-state index is 0.144. The first-order chi connectivity index (χ1) is 16.1. The third kappa shape index (κ3) is 3.27. The molecule has 0 atom stereocenters. The number of nitrogens with zero attached hydrogens (tertiary/aromatic N) is 7. The third-order valence-electron chi connectivity index (χ3n) is 5.57. The molecule has 10 heteroatoms. The molecule has 0 fully saturated rings. The maximum absolute atomic E-state index is 13.6. The van der Waals surface area contributed by atoms with E-state index in [0.29, 0.717) is 35.3 Å². The lowest BCUT2D eigenvalue weighted by Gasteiger charge is -2.10. The van der Waals surface area contributed by atoms with Crippen LogP contribution >= 0.6 is 0 Å². The lowest BCUT2D eigenvalue weighted by Crippen LogP contribution is -2.06. The van der Waals surface area contributed by atoms with Crippen LogP contribution in [-0.2, 0) is 13.0 Å². The fourth-order valence-electron chi connectivity index (χ4n) is 4.02. The summed E-state index contributed by atoms with van der Waals surface area (Å²) in [6.07, 6.45) is 2.22. The molecule has 3 aromatic heterocycles. The largest absolute Gasteiger partial charge is 0.487 e. The van der Waals surface area contributed by atoms with E-state index in [2.05, 4.69) is 31.5 Å². The molecule has 0 radical (unpaired) electrons. The Labute approximate surface area is 187 Å². The number of imidazole rings is 1. The second-order valence-electron chi connectivity index (χ2n) is 7.86. The standard InChI is InChI=1S/C23H18FN7O2/c1-13-6-7-18-20(8-13)31-19(17(27-29-31)11-32-16-5-3-4-15(24)9-16)10-21-22(25-12-30(18)21)23-26-14(2)33-28-23/h3-9,12H,10-11H2,1-2H3. The predicted molar refractivity (Wildman–Crippen MR) is 115 cm³/mol. The van der Waals surface area contributed by atoms with Gasteiger partial charge in [0.05, 0.1) is 22.8 Å². The van der Waals surface area contributed by atoms with E-state index in [1.807, 2.05) is 28.3 Å². The zero-order chi connectivity index (χ0) is 22.5. The van der Waals surface area contributed by atoms with Crippen LogP contribution in [0.5, 0.6) is 5.75 Å². The van der Waals surface area contributed by atoms with Crippen LogP contribution in [0.1, 0.15) is 28.5 Å². The van der Waals surface area contributed by atoms with Crippen molar-refractivity contribution in [2.45, 2.75) is 26.9 Å². The SMILES string of the molecule is Cc1ccc2c(c1)-n1nnc(COc3cccc(F)c3)c1Cc1c(-c3noc(C)n3)ncn1-2. The van der Waals surface area contributed by atoms with Crippen molar-refractivity contribution in [3.63, 3.8) is 0 Å². The van der Waals surface area contributed by atoms with Crippen LogP contribution in [0.2, 0.25) is 0 Å². The Morgan fingerprint density at radius 1 is 1.09 bits per heavy atom. The molecule has 0 aliphatic carbocycles. The summed E-state index contributed by atoms with van der Waals surface area (Å²) in [5.41, 5.74) is 5.89. The highest BCUT2D eigenvalue weighted by atomic mass is 19.1.